The first-order valence-electron chi connectivity index (χ1n) is 20.0. The van der Waals surface area contributed by atoms with E-state index in [2.05, 4.69) is 15.2 Å². The number of fused-ring (bicyclic) bond motifs is 4. The number of carboxylic acid groups (broad SMARTS) is 1. The number of nitrogens with zero attached hydrogens (tertiary/aromatic N) is 2. The third-order valence-electron chi connectivity index (χ3n) is 11.9. The first-order valence-corrected chi connectivity index (χ1v) is 20.0. The first-order chi connectivity index (χ1) is 27.7. The molecule has 9 rings (SSSR count). The standard InChI is InChI=1S/C39H39N3O7.C7H13N/c43-33-16-14-31(32-15-17-35(45)41-37(32)33)34(44)24-40-23-27-6-8-28(9-7-27)25-49-30-12-10-26(11-13-30)22-36(46)42-20-18-39(19-21-42,38(47)48)29-4-2-1-3-5-29;1-4-8-5-2-7(1)3-6-8/h1-17,34,40,43-44H,18-25H2,(H,41,45)(H,47,48);7H,1-6H2. The summed E-state index contributed by atoms with van der Waals surface area (Å²) in [7, 11) is 0. The van der Waals surface area contributed by atoms with Gasteiger partial charge in [0.2, 0.25) is 11.5 Å². The van der Waals surface area contributed by atoms with Crippen LogP contribution < -0.4 is 15.6 Å². The predicted octanol–water partition coefficient (Wildman–Crippen LogP) is 5.93. The number of piperidine rings is 4. The molecule has 4 aliphatic heterocycles. The van der Waals surface area contributed by atoms with Crippen LogP contribution in [0.2, 0.25) is 0 Å². The van der Waals surface area contributed by atoms with Crippen molar-refractivity contribution in [2.24, 2.45) is 5.92 Å². The number of likely N-dealkylation sites (tertiary alicyclic amines) is 1. The summed E-state index contributed by atoms with van der Waals surface area (Å²) in [4.78, 5) is 43.9. The Morgan fingerprint density at radius 2 is 1.46 bits per heavy atom. The van der Waals surface area contributed by atoms with Gasteiger partial charge < -0.3 is 40.2 Å². The molecule has 4 aliphatic rings. The lowest BCUT2D eigenvalue weighted by Gasteiger charge is -2.39. The van der Waals surface area contributed by atoms with E-state index in [1.165, 1.54) is 51.0 Å². The van der Waals surface area contributed by atoms with Gasteiger partial charge in [0.05, 0.1) is 23.5 Å². The highest BCUT2D eigenvalue weighted by Crippen LogP contribution is 2.36. The Labute approximate surface area is 332 Å². The van der Waals surface area contributed by atoms with Gasteiger partial charge in [-0.3, -0.25) is 14.4 Å². The summed E-state index contributed by atoms with van der Waals surface area (Å²) >= 11 is 0. The number of aromatic amines is 1. The van der Waals surface area contributed by atoms with E-state index in [1.807, 2.05) is 78.9 Å². The number of phenolic OH excluding ortho intramolecular Hbond substituents is 1. The molecule has 2 bridgehead atoms. The number of amides is 1. The Hall–Kier alpha value is -5.49. The zero-order chi connectivity index (χ0) is 39.8. The van der Waals surface area contributed by atoms with Crippen LogP contribution in [0, 0.1) is 5.92 Å². The molecule has 4 aromatic carbocycles. The number of aromatic nitrogens is 1. The number of carboxylic acids is 1. The molecule has 5 heterocycles. The summed E-state index contributed by atoms with van der Waals surface area (Å²) in [5, 5.41) is 34.7. The lowest BCUT2D eigenvalue weighted by Crippen LogP contribution is -2.49. The Bertz CT molecular complexity index is 2150. The van der Waals surface area contributed by atoms with Crippen molar-refractivity contribution in [1.29, 1.82) is 0 Å². The molecule has 0 radical (unpaired) electrons. The Kier molecular flexibility index (Phi) is 12.7. The number of nitrogens with one attached hydrogen (secondary N) is 2. The molecule has 11 heteroatoms. The van der Waals surface area contributed by atoms with E-state index in [0.29, 0.717) is 61.3 Å². The number of benzene rings is 4. The average molecular weight is 773 g/mol. The molecule has 5 N–H and O–H groups in total. The number of H-pyrrole nitrogens is 1. The summed E-state index contributed by atoms with van der Waals surface area (Å²) in [6.07, 6.45) is 4.63. The molecule has 1 amide bonds. The maximum Gasteiger partial charge on any atom is 0.314 e. The number of aliphatic carboxylic acids is 1. The third-order valence-corrected chi connectivity index (χ3v) is 11.9. The molecular formula is C46H52N4O7. The second-order valence-electron chi connectivity index (χ2n) is 15.6. The summed E-state index contributed by atoms with van der Waals surface area (Å²) in [6, 6.07) is 30.8. The van der Waals surface area contributed by atoms with Crippen molar-refractivity contribution in [3.05, 3.63) is 141 Å². The van der Waals surface area contributed by atoms with Gasteiger partial charge in [-0.1, -0.05) is 72.8 Å². The number of rotatable bonds is 12. The van der Waals surface area contributed by atoms with E-state index in [4.69, 9.17) is 4.74 Å². The Morgan fingerprint density at radius 1 is 0.807 bits per heavy atom. The van der Waals surface area contributed by atoms with Gasteiger partial charge in [-0.05, 0) is 110 Å². The van der Waals surface area contributed by atoms with Crippen LogP contribution in [-0.2, 0) is 34.6 Å². The van der Waals surface area contributed by atoms with E-state index in [0.717, 1.165) is 28.2 Å². The van der Waals surface area contributed by atoms with Gasteiger partial charge in [0, 0.05) is 37.6 Å². The molecule has 1 unspecified atom stereocenters. The fourth-order valence-corrected chi connectivity index (χ4v) is 8.31. The van der Waals surface area contributed by atoms with E-state index in [-0.39, 0.29) is 30.2 Å². The largest absolute Gasteiger partial charge is 0.506 e. The Balaban J connectivity index is 0.000000546. The van der Waals surface area contributed by atoms with Crippen molar-refractivity contribution >= 4 is 22.8 Å². The van der Waals surface area contributed by atoms with Crippen LogP contribution in [0.4, 0.5) is 0 Å². The Morgan fingerprint density at radius 3 is 2.07 bits per heavy atom. The molecule has 0 saturated carbocycles. The second kappa shape index (κ2) is 18.2. The summed E-state index contributed by atoms with van der Waals surface area (Å²) < 4.78 is 5.97. The van der Waals surface area contributed by atoms with Gasteiger partial charge in [-0.15, -0.1) is 0 Å². The topological polar surface area (TPSA) is 155 Å². The molecular weight excluding hydrogens is 721 g/mol. The van der Waals surface area contributed by atoms with Crippen molar-refractivity contribution in [2.75, 3.05) is 39.3 Å². The molecule has 11 nitrogen and oxygen atoms in total. The number of ether oxygens (including phenoxy) is 1. The predicted molar refractivity (Wildman–Crippen MR) is 219 cm³/mol. The van der Waals surface area contributed by atoms with E-state index in [1.54, 1.807) is 17.0 Å². The van der Waals surface area contributed by atoms with Crippen molar-refractivity contribution in [3.63, 3.8) is 0 Å². The highest BCUT2D eigenvalue weighted by Gasteiger charge is 2.43. The SMILES string of the molecule is C1CN2CCC1CC2.O=C(Cc1ccc(OCc2ccc(CNCC(O)c3ccc(O)c4[nH]c(=O)ccc34)cc2)cc1)N1CCC(C(=O)O)(c2ccccc2)CC1. The molecule has 57 heavy (non-hydrogen) atoms. The fraction of sp³-hybridized carbons (Fsp3) is 0.370. The third kappa shape index (κ3) is 9.73. The average Bonchev–Trinajstić information content (AvgIpc) is 3.25. The number of hydrogen-bond acceptors (Lipinski definition) is 8. The normalized spacial score (nSPS) is 19.0. The van der Waals surface area contributed by atoms with Crippen molar-refractivity contribution in [3.8, 4) is 11.5 Å². The van der Waals surface area contributed by atoms with Gasteiger partial charge in [-0.25, -0.2) is 0 Å². The van der Waals surface area contributed by atoms with E-state index < -0.39 is 17.5 Å². The van der Waals surface area contributed by atoms with Crippen LogP contribution in [-0.4, -0.2) is 81.2 Å². The minimum absolute atomic E-state index is 0.0174. The zero-order valence-electron chi connectivity index (χ0n) is 32.2. The van der Waals surface area contributed by atoms with Gasteiger partial charge in [0.15, 0.2) is 0 Å². The van der Waals surface area contributed by atoms with E-state index in [9.17, 15) is 29.7 Å². The number of hydrogen-bond donors (Lipinski definition) is 5. The molecule has 0 spiro atoms. The quantitative estimate of drug-likeness (QED) is 0.104. The molecule has 1 atom stereocenters. The van der Waals surface area contributed by atoms with Gasteiger partial charge in [0.1, 0.15) is 18.1 Å². The van der Waals surface area contributed by atoms with Crippen molar-refractivity contribution in [1.82, 2.24) is 20.1 Å². The first kappa shape index (κ1) is 39.7. The van der Waals surface area contributed by atoms with Gasteiger partial charge in [-0.2, -0.15) is 0 Å². The van der Waals surface area contributed by atoms with Crippen LogP contribution in [0.3, 0.4) is 0 Å². The highest BCUT2D eigenvalue weighted by molar-refractivity contribution is 5.87. The number of carbonyl (C=O) groups is 2. The molecule has 4 saturated heterocycles. The number of pyridine rings is 1. The number of carbonyl (C=O) groups excluding carboxylic acids is 1. The zero-order valence-corrected chi connectivity index (χ0v) is 32.2. The number of phenols is 1. The maximum absolute atomic E-state index is 13.1. The maximum atomic E-state index is 13.1. The monoisotopic (exact) mass is 772 g/mol. The van der Waals surface area contributed by atoms with Gasteiger partial charge in [0.25, 0.3) is 0 Å². The van der Waals surface area contributed by atoms with Crippen LogP contribution >= 0.6 is 0 Å². The van der Waals surface area contributed by atoms with Crippen LogP contribution in [0.15, 0.2) is 108 Å². The van der Waals surface area contributed by atoms with Crippen LogP contribution in [0.25, 0.3) is 10.9 Å². The molecule has 4 fully saturated rings. The molecule has 0 aliphatic carbocycles. The summed E-state index contributed by atoms with van der Waals surface area (Å²) in [5.41, 5.74) is 3.30. The van der Waals surface area contributed by atoms with Gasteiger partial charge >= 0.3 is 5.97 Å². The smallest absolute Gasteiger partial charge is 0.314 e. The lowest BCUT2D eigenvalue weighted by atomic mass is 9.73. The van der Waals surface area contributed by atoms with Crippen LogP contribution in [0.1, 0.15) is 66.0 Å². The fourth-order valence-electron chi connectivity index (χ4n) is 8.31. The summed E-state index contributed by atoms with van der Waals surface area (Å²) in [6.45, 7) is 6.18. The van der Waals surface area contributed by atoms with Crippen LogP contribution in [0.5, 0.6) is 11.5 Å². The van der Waals surface area contributed by atoms with Crippen molar-refractivity contribution in [2.45, 2.75) is 63.2 Å². The molecule has 298 valence electrons. The summed E-state index contributed by atoms with van der Waals surface area (Å²) in [5.74, 6) is 0.893. The minimum atomic E-state index is -0.964. The van der Waals surface area contributed by atoms with E-state index >= 15 is 0 Å². The number of aliphatic hydroxyl groups excluding tert-OH is 1. The number of aromatic hydroxyl groups is 1. The van der Waals surface area contributed by atoms with Crippen molar-refractivity contribution < 1.29 is 29.6 Å². The second-order valence-corrected chi connectivity index (χ2v) is 15.6. The minimum Gasteiger partial charge on any atom is -0.506 e. The lowest BCUT2D eigenvalue weighted by molar-refractivity contribution is -0.148. The molecule has 1 aromatic heterocycles. The molecule has 5 aromatic rings. The number of aliphatic hydroxyl groups is 1. The highest BCUT2D eigenvalue weighted by atomic mass is 16.5.